The van der Waals surface area contributed by atoms with Gasteiger partial charge in [-0.1, -0.05) is 13.8 Å². The summed E-state index contributed by atoms with van der Waals surface area (Å²) in [5.74, 6) is 0.121. The lowest BCUT2D eigenvalue weighted by atomic mass is 10.1. The highest BCUT2D eigenvalue weighted by atomic mass is 16.3. The molecular weight excluding hydrogens is 240 g/mol. The van der Waals surface area contributed by atoms with Gasteiger partial charge in [0.15, 0.2) is 0 Å². The molecule has 4 heteroatoms. The van der Waals surface area contributed by atoms with Gasteiger partial charge in [0.1, 0.15) is 5.75 Å². The highest BCUT2D eigenvalue weighted by Crippen LogP contribution is 2.16. The minimum absolute atomic E-state index is 0.0947. The summed E-state index contributed by atoms with van der Waals surface area (Å²) < 4.78 is 0. The van der Waals surface area contributed by atoms with Crippen LogP contribution >= 0.6 is 0 Å². The van der Waals surface area contributed by atoms with Gasteiger partial charge in [0.05, 0.1) is 0 Å². The summed E-state index contributed by atoms with van der Waals surface area (Å²) in [4.78, 5) is 14.3. The Labute approximate surface area is 115 Å². The number of benzene rings is 1. The zero-order chi connectivity index (χ0) is 14.4. The molecule has 0 aliphatic rings. The van der Waals surface area contributed by atoms with Gasteiger partial charge in [-0.3, -0.25) is 4.79 Å². The van der Waals surface area contributed by atoms with Crippen molar-refractivity contribution in [1.82, 2.24) is 10.2 Å². The van der Waals surface area contributed by atoms with E-state index in [-0.39, 0.29) is 17.7 Å². The Hall–Kier alpha value is -1.55. The molecule has 1 aromatic carbocycles. The summed E-state index contributed by atoms with van der Waals surface area (Å²) in [5.41, 5.74) is 1.30. The topological polar surface area (TPSA) is 52.6 Å². The van der Waals surface area contributed by atoms with Crippen LogP contribution in [0.15, 0.2) is 18.2 Å². The first-order chi connectivity index (χ1) is 8.97. The van der Waals surface area contributed by atoms with E-state index in [0.29, 0.717) is 11.1 Å². The smallest absolute Gasteiger partial charge is 0.251 e. The minimum atomic E-state index is -0.0947. The fourth-order valence-electron chi connectivity index (χ4n) is 2.02. The second kappa shape index (κ2) is 7.14. The zero-order valence-electron chi connectivity index (χ0n) is 12.2. The summed E-state index contributed by atoms with van der Waals surface area (Å²) in [5, 5.41) is 12.4. The number of hydrogen-bond donors (Lipinski definition) is 2. The summed E-state index contributed by atoms with van der Waals surface area (Å²) in [6, 6.07) is 5.00. The highest BCUT2D eigenvalue weighted by Gasteiger charge is 2.12. The van der Waals surface area contributed by atoms with Gasteiger partial charge in [-0.15, -0.1) is 0 Å². The van der Waals surface area contributed by atoms with Crippen molar-refractivity contribution < 1.29 is 9.90 Å². The zero-order valence-corrected chi connectivity index (χ0v) is 12.2. The van der Waals surface area contributed by atoms with Crippen LogP contribution in [-0.2, 0) is 0 Å². The van der Waals surface area contributed by atoms with Gasteiger partial charge in [-0.25, -0.2) is 0 Å². The number of rotatable bonds is 6. The fourth-order valence-corrected chi connectivity index (χ4v) is 2.02. The van der Waals surface area contributed by atoms with Gasteiger partial charge < -0.3 is 15.3 Å². The summed E-state index contributed by atoms with van der Waals surface area (Å²) in [6.07, 6.45) is 0. The van der Waals surface area contributed by atoms with E-state index in [0.717, 1.165) is 19.6 Å². The van der Waals surface area contributed by atoms with Gasteiger partial charge in [0, 0.05) is 18.2 Å². The number of phenolic OH excluding ortho intramolecular Hbond substituents is 1. The van der Waals surface area contributed by atoms with Crippen molar-refractivity contribution in [2.45, 2.75) is 33.7 Å². The number of nitrogens with one attached hydrogen (secondary N) is 1. The number of phenols is 1. The molecular formula is C15H24N2O2. The molecule has 106 valence electrons. The Morgan fingerprint density at radius 1 is 1.37 bits per heavy atom. The molecule has 0 aromatic heterocycles. The molecule has 19 heavy (non-hydrogen) atoms. The number of amides is 1. The van der Waals surface area contributed by atoms with Crippen LogP contribution in [0, 0.1) is 6.92 Å². The molecule has 1 unspecified atom stereocenters. The van der Waals surface area contributed by atoms with Crippen LogP contribution in [0.25, 0.3) is 0 Å². The lowest BCUT2D eigenvalue weighted by molar-refractivity contribution is 0.0930. The summed E-state index contributed by atoms with van der Waals surface area (Å²) >= 11 is 0. The first kappa shape index (κ1) is 15.5. The molecule has 2 N–H and O–H groups in total. The normalized spacial score (nSPS) is 12.5. The Balaban J connectivity index is 2.61. The molecule has 4 nitrogen and oxygen atoms in total. The molecule has 0 fully saturated rings. The van der Waals surface area contributed by atoms with Gasteiger partial charge in [0.2, 0.25) is 0 Å². The number of carbonyl (C=O) groups is 1. The third-order valence-electron chi connectivity index (χ3n) is 3.26. The molecule has 1 atom stereocenters. The molecule has 0 aliphatic carbocycles. The predicted octanol–water partition coefficient (Wildman–Crippen LogP) is 2.16. The molecule has 1 aromatic rings. The number of carbonyl (C=O) groups excluding carboxylic acids is 1. The average molecular weight is 264 g/mol. The van der Waals surface area contributed by atoms with Gasteiger partial charge >= 0.3 is 0 Å². The number of hydrogen-bond acceptors (Lipinski definition) is 3. The largest absolute Gasteiger partial charge is 0.508 e. The van der Waals surface area contributed by atoms with Crippen molar-refractivity contribution in [1.29, 1.82) is 0 Å². The standard InChI is InChI=1S/C15H24N2O2/c1-5-17(6-2)10-12(4)16-15(19)13-7-8-14(18)11(3)9-13/h7-9,12,18H,5-6,10H2,1-4H3,(H,16,19). The van der Waals surface area contributed by atoms with Gasteiger partial charge in [-0.05, 0) is 50.7 Å². The van der Waals surface area contributed by atoms with Crippen LogP contribution in [0.2, 0.25) is 0 Å². The van der Waals surface area contributed by atoms with E-state index in [2.05, 4.69) is 24.1 Å². The van der Waals surface area contributed by atoms with Crippen LogP contribution in [0.4, 0.5) is 0 Å². The Bertz CT molecular complexity index is 428. The SMILES string of the molecule is CCN(CC)CC(C)NC(=O)c1ccc(O)c(C)c1. The lowest BCUT2D eigenvalue weighted by Gasteiger charge is -2.23. The number of aromatic hydroxyl groups is 1. The van der Waals surface area contributed by atoms with E-state index in [9.17, 15) is 9.90 Å². The van der Waals surface area contributed by atoms with Crippen molar-refractivity contribution in [2.75, 3.05) is 19.6 Å². The van der Waals surface area contributed by atoms with Crippen LogP contribution in [-0.4, -0.2) is 41.6 Å². The quantitative estimate of drug-likeness (QED) is 0.828. The van der Waals surface area contributed by atoms with Crippen molar-refractivity contribution in [2.24, 2.45) is 0 Å². The lowest BCUT2D eigenvalue weighted by Crippen LogP contribution is -2.41. The summed E-state index contributed by atoms with van der Waals surface area (Å²) in [7, 11) is 0. The molecule has 0 radical (unpaired) electrons. The molecule has 0 saturated carbocycles. The molecule has 0 heterocycles. The summed E-state index contributed by atoms with van der Waals surface area (Å²) in [6.45, 7) is 10.8. The predicted molar refractivity (Wildman–Crippen MR) is 77.6 cm³/mol. The molecule has 1 amide bonds. The van der Waals surface area contributed by atoms with Crippen LogP contribution in [0.3, 0.4) is 0 Å². The molecule has 1 rings (SSSR count). The van der Waals surface area contributed by atoms with Gasteiger partial charge in [0.25, 0.3) is 5.91 Å². The first-order valence-corrected chi connectivity index (χ1v) is 6.80. The molecule has 0 bridgehead atoms. The maximum absolute atomic E-state index is 12.1. The van der Waals surface area contributed by atoms with E-state index in [4.69, 9.17) is 0 Å². The van der Waals surface area contributed by atoms with E-state index in [1.807, 2.05) is 6.92 Å². The van der Waals surface area contributed by atoms with Crippen LogP contribution < -0.4 is 5.32 Å². The minimum Gasteiger partial charge on any atom is -0.508 e. The number of likely N-dealkylation sites (N-methyl/N-ethyl adjacent to an activating group) is 1. The fraction of sp³-hybridized carbons (Fsp3) is 0.533. The van der Waals surface area contributed by atoms with Gasteiger partial charge in [-0.2, -0.15) is 0 Å². The van der Waals surface area contributed by atoms with Crippen molar-refractivity contribution in [3.63, 3.8) is 0 Å². The van der Waals surface area contributed by atoms with Crippen molar-refractivity contribution >= 4 is 5.91 Å². The Morgan fingerprint density at radius 3 is 2.53 bits per heavy atom. The van der Waals surface area contributed by atoms with E-state index >= 15 is 0 Å². The van der Waals surface area contributed by atoms with E-state index in [1.165, 1.54) is 0 Å². The molecule has 0 spiro atoms. The maximum atomic E-state index is 12.1. The Morgan fingerprint density at radius 2 is 2.00 bits per heavy atom. The first-order valence-electron chi connectivity index (χ1n) is 6.80. The monoisotopic (exact) mass is 264 g/mol. The van der Waals surface area contributed by atoms with E-state index < -0.39 is 0 Å². The third kappa shape index (κ3) is 4.56. The van der Waals surface area contributed by atoms with Crippen molar-refractivity contribution in [3.05, 3.63) is 29.3 Å². The third-order valence-corrected chi connectivity index (χ3v) is 3.26. The maximum Gasteiger partial charge on any atom is 0.251 e. The number of aryl methyl sites for hydroxylation is 1. The van der Waals surface area contributed by atoms with Crippen molar-refractivity contribution in [3.8, 4) is 5.75 Å². The second-order valence-electron chi connectivity index (χ2n) is 4.86. The molecule has 0 saturated heterocycles. The highest BCUT2D eigenvalue weighted by molar-refractivity contribution is 5.94. The molecule has 0 aliphatic heterocycles. The Kier molecular flexibility index (Phi) is 5.83. The van der Waals surface area contributed by atoms with E-state index in [1.54, 1.807) is 25.1 Å². The van der Waals surface area contributed by atoms with Crippen LogP contribution in [0.5, 0.6) is 5.75 Å². The average Bonchev–Trinajstić information content (AvgIpc) is 2.38. The second-order valence-corrected chi connectivity index (χ2v) is 4.86. The number of nitrogens with zero attached hydrogens (tertiary/aromatic N) is 1. The van der Waals surface area contributed by atoms with Crippen LogP contribution in [0.1, 0.15) is 36.7 Å².